The molecule has 1 aliphatic rings. The summed E-state index contributed by atoms with van der Waals surface area (Å²) >= 11 is 0. The number of aryl methyl sites for hydroxylation is 1. The normalized spacial score (nSPS) is 23.5. The summed E-state index contributed by atoms with van der Waals surface area (Å²) in [5, 5.41) is 9.23. The number of carboxylic acids is 1. The standard InChI is InChI=1S/C13H14F2O2/c14-11(15)8-13(12(16)17)6-5-9-3-1-2-4-10(9)7-13/h1-4,11H,5-8H2,(H,16,17). The van der Waals surface area contributed by atoms with E-state index in [2.05, 4.69) is 0 Å². The lowest BCUT2D eigenvalue weighted by Gasteiger charge is -2.34. The number of hydrogen-bond acceptors (Lipinski definition) is 1. The van der Waals surface area contributed by atoms with Gasteiger partial charge in [0, 0.05) is 6.42 Å². The van der Waals surface area contributed by atoms with Gasteiger partial charge in [0.25, 0.3) is 0 Å². The number of aliphatic carboxylic acids is 1. The van der Waals surface area contributed by atoms with Crippen LogP contribution in [0.2, 0.25) is 0 Å². The molecule has 0 aliphatic heterocycles. The molecule has 1 aliphatic carbocycles. The third-order valence-corrected chi connectivity index (χ3v) is 3.52. The lowest BCUT2D eigenvalue weighted by Crippen LogP contribution is -2.38. The highest BCUT2D eigenvalue weighted by Crippen LogP contribution is 2.40. The zero-order valence-corrected chi connectivity index (χ0v) is 9.33. The van der Waals surface area contributed by atoms with Gasteiger partial charge in [0.15, 0.2) is 0 Å². The van der Waals surface area contributed by atoms with E-state index >= 15 is 0 Å². The third-order valence-electron chi connectivity index (χ3n) is 3.52. The Morgan fingerprint density at radius 1 is 1.35 bits per heavy atom. The fourth-order valence-corrected chi connectivity index (χ4v) is 2.54. The van der Waals surface area contributed by atoms with Crippen LogP contribution in [-0.2, 0) is 17.6 Å². The lowest BCUT2D eigenvalue weighted by molar-refractivity contribution is -0.152. The van der Waals surface area contributed by atoms with Crippen molar-refractivity contribution in [3.8, 4) is 0 Å². The highest BCUT2D eigenvalue weighted by Gasteiger charge is 2.43. The SMILES string of the molecule is O=C(O)C1(CC(F)F)CCc2ccccc2C1. The number of carbonyl (C=O) groups is 1. The van der Waals surface area contributed by atoms with E-state index in [9.17, 15) is 18.7 Å². The van der Waals surface area contributed by atoms with E-state index in [1.54, 1.807) is 0 Å². The maximum atomic E-state index is 12.5. The van der Waals surface area contributed by atoms with Crippen molar-refractivity contribution in [2.24, 2.45) is 5.41 Å². The molecule has 1 unspecified atom stereocenters. The van der Waals surface area contributed by atoms with E-state index in [1.807, 2.05) is 24.3 Å². The van der Waals surface area contributed by atoms with Gasteiger partial charge in [-0.25, -0.2) is 8.78 Å². The number of carboxylic acid groups (broad SMARTS) is 1. The second-order valence-electron chi connectivity index (χ2n) is 4.63. The molecule has 92 valence electrons. The molecule has 0 saturated heterocycles. The van der Waals surface area contributed by atoms with Crippen LogP contribution >= 0.6 is 0 Å². The van der Waals surface area contributed by atoms with Crippen LogP contribution in [0.1, 0.15) is 24.0 Å². The summed E-state index contributed by atoms with van der Waals surface area (Å²) < 4.78 is 25.1. The largest absolute Gasteiger partial charge is 0.481 e. The second kappa shape index (κ2) is 4.43. The lowest BCUT2D eigenvalue weighted by atomic mass is 9.69. The fourth-order valence-electron chi connectivity index (χ4n) is 2.54. The molecule has 0 amide bonds. The van der Waals surface area contributed by atoms with Crippen LogP contribution in [0.5, 0.6) is 0 Å². The predicted octanol–water partition coefficient (Wildman–Crippen LogP) is 2.90. The summed E-state index contributed by atoms with van der Waals surface area (Å²) in [5.74, 6) is -1.10. The van der Waals surface area contributed by atoms with Crippen LogP contribution in [0.4, 0.5) is 8.78 Å². The van der Waals surface area contributed by atoms with Gasteiger partial charge in [-0.05, 0) is 30.4 Å². The monoisotopic (exact) mass is 240 g/mol. The van der Waals surface area contributed by atoms with Crippen LogP contribution in [0.25, 0.3) is 0 Å². The molecule has 1 aromatic rings. The molecule has 17 heavy (non-hydrogen) atoms. The molecule has 0 fully saturated rings. The molecule has 2 rings (SSSR count). The highest BCUT2D eigenvalue weighted by molar-refractivity contribution is 5.75. The summed E-state index contributed by atoms with van der Waals surface area (Å²) in [6.07, 6.45) is -2.06. The summed E-state index contributed by atoms with van der Waals surface area (Å²) in [4.78, 5) is 11.3. The first-order valence-corrected chi connectivity index (χ1v) is 5.62. The van der Waals surface area contributed by atoms with Crippen molar-refractivity contribution in [2.75, 3.05) is 0 Å². The van der Waals surface area contributed by atoms with Gasteiger partial charge < -0.3 is 5.11 Å². The molecule has 1 aromatic carbocycles. The van der Waals surface area contributed by atoms with E-state index in [4.69, 9.17) is 0 Å². The smallest absolute Gasteiger partial charge is 0.310 e. The number of halogens is 2. The average molecular weight is 240 g/mol. The van der Waals surface area contributed by atoms with Crippen molar-refractivity contribution in [1.29, 1.82) is 0 Å². The van der Waals surface area contributed by atoms with E-state index in [1.165, 1.54) is 0 Å². The van der Waals surface area contributed by atoms with Crippen LogP contribution in [0, 0.1) is 5.41 Å². The molecule has 1 atom stereocenters. The summed E-state index contributed by atoms with van der Waals surface area (Å²) in [6, 6.07) is 7.47. The van der Waals surface area contributed by atoms with Gasteiger partial charge in [0.1, 0.15) is 0 Å². The molecular formula is C13H14F2O2. The van der Waals surface area contributed by atoms with E-state index < -0.39 is 24.2 Å². The first-order chi connectivity index (χ1) is 8.03. The van der Waals surface area contributed by atoms with E-state index in [0.29, 0.717) is 12.8 Å². The Morgan fingerprint density at radius 2 is 2.00 bits per heavy atom. The van der Waals surface area contributed by atoms with Gasteiger partial charge in [0.05, 0.1) is 5.41 Å². The molecule has 4 heteroatoms. The molecule has 2 nitrogen and oxygen atoms in total. The highest BCUT2D eigenvalue weighted by atomic mass is 19.3. The van der Waals surface area contributed by atoms with Gasteiger partial charge in [-0.1, -0.05) is 24.3 Å². The number of hydrogen-bond donors (Lipinski definition) is 1. The fraction of sp³-hybridized carbons (Fsp3) is 0.462. The Balaban J connectivity index is 2.31. The predicted molar refractivity (Wildman–Crippen MR) is 59.2 cm³/mol. The minimum atomic E-state index is -2.57. The van der Waals surface area contributed by atoms with E-state index in [-0.39, 0.29) is 6.42 Å². The number of fused-ring (bicyclic) bond motifs is 1. The van der Waals surface area contributed by atoms with Crippen molar-refractivity contribution in [2.45, 2.75) is 32.1 Å². The Kier molecular flexibility index (Phi) is 3.13. The van der Waals surface area contributed by atoms with Crippen molar-refractivity contribution in [3.05, 3.63) is 35.4 Å². The zero-order valence-electron chi connectivity index (χ0n) is 9.33. The molecule has 0 radical (unpaired) electrons. The van der Waals surface area contributed by atoms with Crippen LogP contribution in [0.3, 0.4) is 0 Å². The third kappa shape index (κ3) is 2.30. The Labute approximate surface area is 98.3 Å². The van der Waals surface area contributed by atoms with E-state index in [0.717, 1.165) is 11.1 Å². The van der Waals surface area contributed by atoms with Crippen molar-refractivity contribution in [1.82, 2.24) is 0 Å². The molecule has 0 saturated carbocycles. The minimum absolute atomic E-state index is 0.211. The van der Waals surface area contributed by atoms with Gasteiger partial charge >= 0.3 is 5.97 Å². The van der Waals surface area contributed by atoms with Crippen molar-refractivity contribution < 1.29 is 18.7 Å². The second-order valence-corrected chi connectivity index (χ2v) is 4.63. The Bertz CT molecular complexity index is 431. The van der Waals surface area contributed by atoms with Crippen LogP contribution in [0.15, 0.2) is 24.3 Å². The molecule has 0 bridgehead atoms. The Morgan fingerprint density at radius 3 is 2.59 bits per heavy atom. The topological polar surface area (TPSA) is 37.3 Å². The molecule has 0 heterocycles. The summed E-state index contributed by atoms with van der Waals surface area (Å²) in [7, 11) is 0. The number of benzene rings is 1. The van der Waals surface area contributed by atoms with Gasteiger partial charge in [-0.15, -0.1) is 0 Å². The van der Waals surface area contributed by atoms with Crippen LogP contribution in [-0.4, -0.2) is 17.5 Å². The molecule has 0 spiro atoms. The van der Waals surface area contributed by atoms with Gasteiger partial charge in [0.2, 0.25) is 6.43 Å². The molecular weight excluding hydrogens is 226 g/mol. The average Bonchev–Trinajstić information content (AvgIpc) is 2.27. The Hall–Kier alpha value is -1.45. The number of alkyl halides is 2. The maximum Gasteiger partial charge on any atom is 0.310 e. The summed E-state index contributed by atoms with van der Waals surface area (Å²) in [5.41, 5.74) is 0.683. The number of rotatable bonds is 3. The first kappa shape index (κ1) is 12.0. The van der Waals surface area contributed by atoms with Crippen molar-refractivity contribution in [3.63, 3.8) is 0 Å². The molecule has 1 N–H and O–H groups in total. The van der Waals surface area contributed by atoms with Crippen LogP contribution < -0.4 is 0 Å². The van der Waals surface area contributed by atoms with Crippen molar-refractivity contribution >= 4 is 5.97 Å². The van der Waals surface area contributed by atoms with Gasteiger partial charge in [-0.3, -0.25) is 4.79 Å². The minimum Gasteiger partial charge on any atom is -0.481 e. The molecule has 0 aromatic heterocycles. The maximum absolute atomic E-state index is 12.5. The zero-order chi connectivity index (χ0) is 12.5. The quantitative estimate of drug-likeness (QED) is 0.882. The first-order valence-electron chi connectivity index (χ1n) is 5.62. The summed E-state index contributed by atoms with van der Waals surface area (Å²) in [6.45, 7) is 0. The van der Waals surface area contributed by atoms with Gasteiger partial charge in [-0.2, -0.15) is 0 Å².